The molecule has 0 aromatic heterocycles. The second kappa shape index (κ2) is 4.97. The SMILES string of the molecule is O=C([O-])c1ccccc1C(=O)c1ccc(F)cc1F. The molecule has 0 saturated carbocycles. The first-order valence-electron chi connectivity index (χ1n) is 5.31. The topological polar surface area (TPSA) is 57.2 Å². The predicted octanol–water partition coefficient (Wildman–Crippen LogP) is 1.56. The van der Waals surface area contributed by atoms with Crippen LogP contribution >= 0.6 is 0 Å². The summed E-state index contributed by atoms with van der Waals surface area (Å²) < 4.78 is 26.3. The Morgan fingerprint density at radius 1 is 0.895 bits per heavy atom. The van der Waals surface area contributed by atoms with Gasteiger partial charge in [0.2, 0.25) is 0 Å². The van der Waals surface area contributed by atoms with E-state index in [4.69, 9.17) is 0 Å². The zero-order valence-electron chi connectivity index (χ0n) is 9.52. The van der Waals surface area contributed by atoms with Gasteiger partial charge in [-0.2, -0.15) is 0 Å². The van der Waals surface area contributed by atoms with Crippen molar-refractivity contribution in [2.45, 2.75) is 0 Å². The third-order valence-electron chi connectivity index (χ3n) is 2.57. The Morgan fingerprint density at radius 3 is 2.11 bits per heavy atom. The molecule has 0 heterocycles. The molecule has 0 N–H and O–H groups in total. The average molecular weight is 261 g/mol. The van der Waals surface area contributed by atoms with Crippen LogP contribution in [0.3, 0.4) is 0 Å². The highest BCUT2D eigenvalue weighted by atomic mass is 19.1. The summed E-state index contributed by atoms with van der Waals surface area (Å²) in [7, 11) is 0. The summed E-state index contributed by atoms with van der Waals surface area (Å²) in [6.07, 6.45) is 0. The molecule has 0 fully saturated rings. The highest BCUT2D eigenvalue weighted by Crippen LogP contribution is 2.17. The van der Waals surface area contributed by atoms with E-state index in [9.17, 15) is 23.5 Å². The Kier molecular flexibility index (Phi) is 3.37. The maximum absolute atomic E-state index is 13.5. The molecule has 5 heteroatoms. The Hall–Kier alpha value is -2.56. The van der Waals surface area contributed by atoms with Crippen LogP contribution in [0, 0.1) is 11.6 Å². The van der Waals surface area contributed by atoms with E-state index >= 15 is 0 Å². The van der Waals surface area contributed by atoms with Crippen molar-refractivity contribution < 1.29 is 23.5 Å². The van der Waals surface area contributed by atoms with Crippen LogP contribution in [0.1, 0.15) is 26.3 Å². The molecule has 0 amide bonds. The van der Waals surface area contributed by atoms with Crippen molar-refractivity contribution in [2.24, 2.45) is 0 Å². The number of ketones is 1. The molecule has 0 bridgehead atoms. The maximum Gasteiger partial charge on any atom is 0.196 e. The van der Waals surface area contributed by atoms with Crippen LogP contribution in [-0.2, 0) is 0 Å². The van der Waals surface area contributed by atoms with E-state index in [0.29, 0.717) is 6.07 Å². The Morgan fingerprint density at radius 2 is 1.53 bits per heavy atom. The minimum Gasteiger partial charge on any atom is -0.545 e. The minimum atomic E-state index is -1.54. The largest absolute Gasteiger partial charge is 0.545 e. The Balaban J connectivity index is 2.53. The number of carboxylic acids is 1. The highest BCUT2D eigenvalue weighted by molar-refractivity contribution is 6.14. The Labute approximate surface area is 107 Å². The minimum absolute atomic E-state index is 0.201. The summed E-state index contributed by atoms with van der Waals surface area (Å²) in [5.41, 5.74) is -0.931. The predicted molar refractivity (Wildman–Crippen MR) is 60.6 cm³/mol. The van der Waals surface area contributed by atoms with Crippen molar-refractivity contribution in [3.63, 3.8) is 0 Å². The molecule has 2 aromatic carbocycles. The van der Waals surface area contributed by atoms with Gasteiger partial charge in [-0.25, -0.2) is 8.78 Å². The van der Waals surface area contributed by atoms with Gasteiger partial charge in [-0.15, -0.1) is 0 Å². The number of hydrogen-bond acceptors (Lipinski definition) is 3. The first-order chi connectivity index (χ1) is 9.00. The number of aromatic carboxylic acids is 1. The summed E-state index contributed by atoms with van der Waals surface area (Å²) in [6, 6.07) is 7.76. The second-order valence-corrected chi connectivity index (χ2v) is 3.79. The van der Waals surface area contributed by atoms with Crippen LogP contribution in [-0.4, -0.2) is 11.8 Å². The van der Waals surface area contributed by atoms with Crippen molar-refractivity contribution in [1.29, 1.82) is 0 Å². The van der Waals surface area contributed by atoms with Crippen LogP contribution in [0.4, 0.5) is 8.78 Å². The molecule has 2 rings (SSSR count). The summed E-state index contributed by atoms with van der Waals surface area (Å²) >= 11 is 0. The van der Waals surface area contributed by atoms with Crippen LogP contribution in [0.5, 0.6) is 0 Å². The number of hydrogen-bond donors (Lipinski definition) is 0. The van der Waals surface area contributed by atoms with E-state index in [1.54, 1.807) is 0 Å². The molecule has 2 aromatic rings. The fourth-order valence-electron chi connectivity index (χ4n) is 1.68. The first kappa shape index (κ1) is 12.9. The zero-order chi connectivity index (χ0) is 14.0. The number of carbonyl (C=O) groups is 2. The van der Waals surface area contributed by atoms with E-state index in [-0.39, 0.29) is 11.1 Å². The highest BCUT2D eigenvalue weighted by Gasteiger charge is 2.17. The molecule has 0 unspecified atom stereocenters. The third kappa shape index (κ3) is 2.49. The lowest BCUT2D eigenvalue weighted by Gasteiger charge is -2.09. The van der Waals surface area contributed by atoms with Crippen molar-refractivity contribution in [3.8, 4) is 0 Å². The van der Waals surface area contributed by atoms with Crippen molar-refractivity contribution in [2.75, 3.05) is 0 Å². The molecular weight excluding hydrogens is 254 g/mol. The van der Waals surface area contributed by atoms with Crippen molar-refractivity contribution in [3.05, 3.63) is 70.8 Å². The van der Waals surface area contributed by atoms with Gasteiger partial charge in [0.05, 0.1) is 11.5 Å². The van der Waals surface area contributed by atoms with Gasteiger partial charge in [-0.3, -0.25) is 4.79 Å². The molecule has 0 saturated heterocycles. The molecular formula is C14H7F2O3-. The van der Waals surface area contributed by atoms with E-state index in [1.165, 1.54) is 24.3 Å². The zero-order valence-corrected chi connectivity index (χ0v) is 9.52. The number of carboxylic acid groups (broad SMARTS) is 1. The lowest BCUT2D eigenvalue weighted by molar-refractivity contribution is -0.255. The Bertz CT molecular complexity index is 665. The van der Waals surface area contributed by atoms with Gasteiger partial charge >= 0.3 is 0 Å². The average Bonchev–Trinajstić information content (AvgIpc) is 2.38. The second-order valence-electron chi connectivity index (χ2n) is 3.79. The van der Waals surface area contributed by atoms with Gasteiger partial charge in [0.15, 0.2) is 5.78 Å². The first-order valence-corrected chi connectivity index (χ1v) is 5.31. The van der Waals surface area contributed by atoms with Gasteiger partial charge in [0, 0.05) is 17.2 Å². The number of halogens is 2. The third-order valence-corrected chi connectivity index (χ3v) is 2.57. The number of rotatable bonds is 3. The van der Waals surface area contributed by atoms with Crippen LogP contribution in [0.15, 0.2) is 42.5 Å². The molecule has 3 nitrogen and oxygen atoms in total. The van der Waals surface area contributed by atoms with Crippen LogP contribution < -0.4 is 5.11 Å². The summed E-state index contributed by atoms with van der Waals surface area (Å²) in [5, 5.41) is 10.9. The summed E-state index contributed by atoms with van der Waals surface area (Å²) in [6.45, 7) is 0. The van der Waals surface area contributed by atoms with Crippen LogP contribution in [0.25, 0.3) is 0 Å². The summed E-state index contributed by atoms with van der Waals surface area (Å²) in [5.74, 6) is -4.23. The van der Waals surface area contributed by atoms with Gasteiger partial charge in [0.25, 0.3) is 0 Å². The quantitative estimate of drug-likeness (QED) is 0.788. The smallest absolute Gasteiger partial charge is 0.196 e. The summed E-state index contributed by atoms with van der Waals surface area (Å²) in [4.78, 5) is 22.9. The van der Waals surface area contributed by atoms with Crippen molar-refractivity contribution >= 4 is 11.8 Å². The van der Waals surface area contributed by atoms with E-state index in [1.807, 2.05) is 0 Å². The molecule has 0 aliphatic carbocycles. The molecule has 0 radical (unpaired) electrons. The van der Waals surface area contributed by atoms with Gasteiger partial charge in [-0.05, 0) is 12.1 Å². The molecule has 0 aliphatic heterocycles. The molecule has 19 heavy (non-hydrogen) atoms. The fourth-order valence-corrected chi connectivity index (χ4v) is 1.68. The van der Waals surface area contributed by atoms with E-state index in [2.05, 4.69) is 0 Å². The molecule has 96 valence electrons. The van der Waals surface area contributed by atoms with Gasteiger partial charge in [0.1, 0.15) is 11.6 Å². The fraction of sp³-hybridized carbons (Fsp3) is 0. The number of benzene rings is 2. The van der Waals surface area contributed by atoms with E-state index in [0.717, 1.165) is 12.1 Å². The van der Waals surface area contributed by atoms with E-state index < -0.39 is 29.0 Å². The molecule has 0 spiro atoms. The standard InChI is InChI=1S/C14H8F2O3/c15-8-5-6-11(12(16)7-8)13(17)9-3-1-2-4-10(9)14(18)19/h1-7H,(H,18,19)/p-1. The molecule has 0 aliphatic rings. The monoisotopic (exact) mass is 261 g/mol. The van der Waals surface area contributed by atoms with Crippen LogP contribution in [0.2, 0.25) is 0 Å². The lowest BCUT2D eigenvalue weighted by atomic mass is 9.98. The van der Waals surface area contributed by atoms with Gasteiger partial charge in [-0.1, -0.05) is 24.3 Å². The normalized spacial score (nSPS) is 10.2. The van der Waals surface area contributed by atoms with Gasteiger partial charge < -0.3 is 9.90 Å². The maximum atomic E-state index is 13.5. The number of carbonyl (C=O) groups excluding carboxylic acids is 2. The van der Waals surface area contributed by atoms with Crippen molar-refractivity contribution in [1.82, 2.24) is 0 Å². The molecule has 0 atom stereocenters. The lowest BCUT2D eigenvalue weighted by Crippen LogP contribution is -2.25.